The minimum absolute atomic E-state index is 0.322. The van der Waals surface area contributed by atoms with Gasteiger partial charge in [-0.25, -0.2) is 4.39 Å². The lowest BCUT2D eigenvalue weighted by atomic mass is 10.2. The molecule has 2 aromatic carbocycles. The van der Waals surface area contributed by atoms with E-state index in [0.717, 1.165) is 0 Å². The van der Waals surface area contributed by atoms with Crippen LogP contribution in [0.1, 0.15) is 16.9 Å². The van der Waals surface area contributed by atoms with Gasteiger partial charge in [-0.15, -0.1) is 10.2 Å². The second-order valence-corrected chi connectivity index (χ2v) is 6.74. The summed E-state index contributed by atoms with van der Waals surface area (Å²) < 4.78 is 21.0. The average molecular weight is 402 g/mol. The van der Waals surface area contributed by atoms with E-state index >= 15 is 0 Å². The van der Waals surface area contributed by atoms with E-state index in [1.165, 1.54) is 6.07 Å². The van der Waals surface area contributed by atoms with E-state index in [9.17, 15) is 4.39 Å². The molecule has 0 fully saturated rings. The van der Waals surface area contributed by atoms with Gasteiger partial charge in [0, 0.05) is 17.6 Å². The molecule has 4 rings (SSSR count). The second kappa shape index (κ2) is 7.13. The van der Waals surface area contributed by atoms with Crippen molar-refractivity contribution in [2.45, 2.75) is 5.25 Å². The van der Waals surface area contributed by atoms with Crippen molar-refractivity contribution >= 4 is 24.2 Å². The summed E-state index contributed by atoms with van der Waals surface area (Å²) in [4.78, 5) is 4.37. The van der Waals surface area contributed by atoms with Crippen LogP contribution in [0, 0.1) is 5.82 Å². The molecular formula is C18H13ClFN5OS. The van der Waals surface area contributed by atoms with Crippen LogP contribution in [0.2, 0.25) is 5.02 Å². The van der Waals surface area contributed by atoms with Crippen LogP contribution in [0.15, 0.2) is 53.1 Å². The first-order valence-electron chi connectivity index (χ1n) is 7.96. The fourth-order valence-corrected chi connectivity index (χ4v) is 3.18. The molecule has 0 radical (unpaired) electrons. The Morgan fingerprint density at radius 1 is 1.15 bits per heavy atom. The van der Waals surface area contributed by atoms with Gasteiger partial charge in [0.05, 0.1) is 5.56 Å². The molecule has 1 unspecified atom stereocenters. The summed E-state index contributed by atoms with van der Waals surface area (Å²) >= 11 is 10.5. The molecule has 0 aliphatic rings. The number of nitrogens with zero attached hydrogens (tertiary/aromatic N) is 5. The van der Waals surface area contributed by atoms with Gasteiger partial charge in [-0.3, -0.25) is 0 Å². The molecule has 1 atom stereocenters. The number of halogens is 2. The third kappa shape index (κ3) is 3.33. The van der Waals surface area contributed by atoms with E-state index < -0.39 is 5.25 Å². The molecule has 2 aromatic heterocycles. The predicted molar refractivity (Wildman–Crippen MR) is 102 cm³/mol. The molecule has 136 valence electrons. The second-order valence-electron chi connectivity index (χ2n) is 5.79. The molecule has 2 heterocycles. The van der Waals surface area contributed by atoms with Gasteiger partial charge in [0.1, 0.15) is 11.1 Å². The lowest BCUT2D eigenvalue weighted by Crippen LogP contribution is -2.05. The maximum atomic E-state index is 14.1. The highest BCUT2D eigenvalue weighted by Gasteiger charge is 2.24. The smallest absolute Gasteiger partial charge is 0.258 e. The molecule has 0 bridgehead atoms. The monoisotopic (exact) mass is 401 g/mol. The maximum absolute atomic E-state index is 14.1. The van der Waals surface area contributed by atoms with E-state index in [2.05, 4.69) is 33.0 Å². The molecular weight excluding hydrogens is 389 g/mol. The molecule has 0 spiro atoms. The largest absolute Gasteiger partial charge is 0.334 e. The summed E-state index contributed by atoms with van der Waals surface area (Å²) in [5.74, 6) is 1.13. The molecule has 6 nitrogen and oxygen atoms in total. The van der Waals surface area contributed by atoms with Gasteiger partial charge in [-0.1, -0.05) is 35.0 Å². The van der Waals surface area contributed by atoms with Gasteiger partial charge in [-0.2, -0.15) is 17.6 Å². The zero-order valence-corrected chi connectivity index (χ0v) is 15.7. The first kappa shape index (κ1) is 17.7. The van der Waals surface area contributed by atoms with E-state index in [0.29, 0.717) is 39.5 Å². The third-order valence-electron chi connectivity index (χ3n) is 4.03. The number of hydrogen-bond acceptors (Lipinski definition) is 6. The van der Waals surface area contributed by atoms with Crippen LogP contribution in [0.3, 0.4) is 0 Å². The topological polar surface area (TPSA) is 69.6 Å². The van der Waals surface area contributed by atoms with Crippen molar-refractivity contribution < 1.29 is 8.91 Å². The average Bonchev–Trinajstić information content (AvgIpc) is 3.29. The molecule has 0 aliphatic carbocycles. The van der Waals surface area contributed by atoms with Crippen molar-refractivity contribution in [3.05, 3.63) is 71.0 Å². The summed E-state index contributed by atoms with van der Waals surface area (Å²) in [5.41, 5.74) is 1.05. The van der Waals surface area contributed by atoms with Gasteiger partial charge in [0.2, 0.25) is 0 Å². The van der Waals surface area contributed by atoms with Gasteiger partial charge < -0.3 is 9.09 Å². The van der Waals surface area contributed by atoms with E-state index in [-0.39, 0.29) is 5.82 Å². The number of thiol groups is 1. The van der Waals surface area contributed by atoms with Crippen molar-refractivity contribution in [1.29, 1.82) is 0 Å². The highest BCUT2D eigenvalue weighted by atomic mass is 35.5. The zero-order chi connectivity index (χ0) is 19.0. The van der Waals surface area contributed by atoms with Crippen molar-refractivity contribution in [3.63, 3.8) is 0 Å². The first-order valence-corrected chi connectivity index (χ1v) is 8.86. The van der Waals surface area contributed by atoms with Crippen molar-refractivity contribution in [2.75, 3.05) is 0 Å². The SMILES string of the molecule is Cn1c(-c2ccccc2F)nnc1C(S)c1noc(-c2cccc(Cl)c2)n1. The van der Waals surface area contributed by atoms with Crippen LogP contribution in [0.4, 0.5) is 4.39 Å². The van der Waals surface area contributed by atoms with E-state index in [1.54, 1.807) is 48.0 Å². The lowest BCUT2D eigenvalue weighted by Gasteiger charge is -2.07. The van der Waals surface area contributed by atoms with Gasteiger partial charge in [0.15, 0.2) is 17.5 Å². The third-order valence-corrected chi connectivity index (χ3v) is 4.72. The Kier molecular flexibility index (Phi) is 4.67. The molecule has 4 aromatic rings. The Hall–Kier alpha value is -2.71. The van der Waals surface area contributed by atoms with Gasteiger partial charge in [0.25, 0.3) is 5.89 Å². The van der Waals surface area contributed by atoms with Crippen molar-refractivity contribution in [3.8, 4) is 22.8 Å². The molecule has 0 aliphatic heterocycles. The summed E-state index contributed by atoms with van der Waals surface area (Å²) in [7, 11) is 1.73. The van der Waals surface area contributed by atoms with Crippen LogP contribution >= 0.6 is 24.2 Å². The normalized spacial score (nSPS) is 12.3. The minimum Gasteiger partial charge on any atom is -0.334 e. The Labute approximate surface area is 164 Å². The molecule has 0 N–H and O–H groups in total. The van der Waals surface area contributed by atoms with Gasteiger partial charge >= 0.3 is 0 Å². The quantitative estimate of drug-likeness (QED) is 0.515. The number of benzene rings is 2. The van der Waals surface area contributed by atoms with Gasteiger partial charge in [-0.05, 0) is 30.3 Å². The fourth-order valence-electron chi connectivity index (χ4n) is 2.66. The lowest BCUT2D eigenvalue weighted by molar-refractivity contribution is 0.423. The highest BCUT2D eigenvalue weighted by molar-refractivity contribution is 7.80. The fraction of sp³-hybridized carbons (Fsp3) is 0.111. The number of hydrogen-bond donors (Lipinski definition) is 1. The minimum atomic E-state index is -0.597. The van der Waals surface area contributed by atoms with Crippen LogP contribution in [0.5, 0.6) is 0 Å². The summed E-state index contributed by atoms with van der Waals surface area (Å²) in [6.45, 7) is 0. The van der Waals surface area contributed by atoms with Crippen LogP contribution in [0.25, 0.3) is 22.8 Å². The first-order chi connectivity index (χ1) is 13.0. The van der Waals surface area contributed by atoms with Crippen molar-refractivity contribution in [1.82, 2.24) is 24.9 Å². The summed E-state index contributed by atoms with van der Waals surface area (Å²) in [5, 5.41) is 12.2. The van der Waals surface area contributed by atoms with Crippen LogP contribution < -0.4 is 0 Å². The Bertz CT molecular complexity index is 1110. The maximum Gasteiger partial charge on any atom is 0.258 e. The summed E-state index contributed by atoms with van der Waals surface area (Å²) in [6, 6.07) is 13.5. The Balaban J connectivity index is 1.67. The summed E-state index contributed by atoms with van der Waals surface area (Å²) in [6.07, 6.45) is 0. The highest BCUT2D eigenvalue weighted by Crippen LogP contribution is 2.30. The molecule has 0 amide bonds. The van der Waals surface area contributed by atoms with Crippen LogP contribution in [-0.4, -0.2) is 24.9 Å². The standard InChI is InChI=1S/C18H13ClFN5OS/c1-25-16(12-7-2-3-8-13(12)20)22-23-17(25)14(27)15-21-18(26-24-15)10-5-4-6-11(19)9-10/h2-9,14,27H,1H3. The predicted octanol–water partition coefficient (Wildman–Crippen LogP) is 4.34. The Morgan fingerprint density at radius 3 is 2.74 bits per heavy atom. The molecule has 9 heteroatoms. The molecule has 0 saturated carbocycles. The van der Waals surface area contributed by atoms with E-state index in [4.69, 9.17) is 16.1 Å². The number of aromatic nitrogens is 5. The zero-order valence-electron chi connectivity index (χ0n) is 14.0. The number of rotatable bonds is 4. The molecule has 27 heavy (non-hydrogen) atoms. The Morgan fingerprint density at radius 2 is 1.96 bits per heavy atom. The van der Waals surface area contributed by atoms with Crippen LogP contribution in [-0.2, 0) is 7.05 Å². The van der Waals surface area contributed by atoms with E-state index in [1.807, 2.05) is 6.07 Å². The van der Waals surface area contributed by atoms with Crippen molar-refractivity contribution in [2.24, 2.45) is 7.05 Å². The molecule has 0 saturated heterocycles.